The van der Waals surface area contributed by atoms with Crippen molar-refractivity contribution < 1.29 is 22.7 Å². The van der Waals surface area contributed by atoms with Crippen molar-refractivity contribution in [3.05, 3.63) is 59.1 Å². The molecule has 3 rings (SSSR count). The molecular formula is C18H14F3N3O2S. The number of anilines is 1. The van der Waals surface area contributed by atoms with Crippen LogP contribution in [0, 0.1) is 0 Å². The van der Waals surface area contributed by atoms with E-state index in [1.54, 1.807) is 24.4 Å². The number of aromatic nitrogens is 2. The van der Waals surface area contributed by atoms with E-state index in [0.717, 1.165) is 23.5 Å². The highest BCUT2D eigenvalue weighted by Crippen LogP contribution is 2.33. The molecule has 2 heterocycles. The van der Waals surface area contributed by atoms with Crippen LogP contribution < -0.4 is 10.1 Å². The van der Waals surface area contributed by atoms with Crippen LogP contribution in [0.4, 0.5) is 18.3 Å². The van der Waals surface area contributed by atoms with Crippen molar-refractivity contribution in [2.45, 2.75) is 13.1 Å². The molecule has 0 unspecified atom stereocenters. The average molecular weight is 393 g/mol. The lowest BCUT2D eigenvalue weighted by Crippen LogP contribution is -2.14. The zero-order valence-corrected chi connectivity index (χ0v) is 14.9. The van der Waals surface area contributed by atoms with Gasteiger partial charge in [0.15, 0.2) is 5.13 Å². The van der Waals surface area contributed by atoms with Crippen LogP contribution in [0.2, 0.25) is 0 Å². The first-order valence-corrected chi connectivity index (χ1v) is 8.78. The van der Waals surface area contributed by atoms with Crippen molar-refractivity contribution in [1.82, 2.24) is 9.97 Å². The van der Waals surface area contributed by atoms with Gasteiger partial charge < -0.3 is 4.74 Å². The molecule has 0 radical (unpaired) electrons. The van der Waals surface area contributed by atoms with Crippen LogP contribution in [-0.4, -0.2) is 22.5 Å². The Bertz CT molecular complexity index is 957. The summed E-state index contributed by atoms with van der Waals surface area (Å²) in [5.41, 5.74) is 0.154. The maximum atomic E-state index is 12.9. The van der Waals surface area contributed by atoms with Crippen LogP contribution >= 0.6 is 11.3 Å². The molecule has 0 saturated carbocycles. The SMILES string of the molecule is CCOc1ncccc1C(=O)Nc1nc(-c2cccc(C(F)(F)F)c2)cs1. The summed E-state index contributed by atoms with van der Waals surface area (Å²) >= 11 is 1.11. The Morgan fingerprint density at radius 1 is 1.26 bits per heavy atom. The number of nitrogens with zero attached hydrogens (tertiary/aromatic N) is 2. The molecule has 140 valence electrons. The molecule has 27 heavy (non-hydrogen) atoms. The largest absolute Gasteiger partial charge is 0.477 e. The van der Waals surface area contributed by atoms with Crippen molar-refractivity contribution in [3.8, 4) is 17.1 Å². The predicted octanol–water partition coefficient (Wildman–Crippen LogP) is 4.87. The Kier molecular flexibility index (Phi) is 5.41. The number of carbonyl (C=O) groups excluding carboxylic acids is 1. The van der Waals surface area contributed by atoms with E-state index in [4.69, 9.17) is 4.74 Å². The van der Waals surface area contributed by atoms with Crippen LogP contribution in [0.15, 0.2) is 48.0 Å². The quantitative estimate of drug-likeness (QED) is 0.671. The fourth-order valence-electron chi connectivity index (χ4n) is 2.30. The summed E-state index contributed by atoms with van der Waals surface area (Å²) in [5.74, 6) is -0.261. The van der Waals surface area contributed by atoms with E-state index in [9.17, 15) is 18.0 Å². The molecule has 2 aromatic heterocycles. The molecular weight excluding hydrogens is 379 g/mol. The van der Waals surface area contributed by atoms with Gasteiger partial charge in [-0.05, 0) is 31.2 Å². The molecule has 3 aromatic rings. The van der Waals surface area contributed by atoms with E-state index in [1.807, 2.05) is 0 Å². The number of carbonyl (C=O) groups is 1. The fraction of sp³-hybridized carbons (Fsp3) is 0.167. The normalized spacial score (nSPS) is 11.3. The Hall–Kier alpha value is -2.94. The molecule has 1 amide bonds. The Morgan fingerprint density at radius 2 is 2.07 bits per heavy atom. The summed E-state index contributed by atoms with van der Waals surface area (Å²) in [6.07, 6.45) is -2.92. The average Bonchev–Trinajstić information content (AvgIpc) is 3.10. The molecule has 1 aromatic carbocycles. The lowest BCUT2D eigenvalue weighted by Gasteiger charge is -2.08. The molecule has 0 spiro atoms. The highest BCUT2D eigenvalue weighted by molar-refractivity contribution is 7.14. The number of alkyl halides is 3. The van der Waals surface area contributed by atoms with Gasteiger partial charge in [0.25, 0.3) is 5.91 Å². The highest BCUT2D eigenvalue weighted by Gasteiger charge is 2.30. The summed E-state index contributed by atoms with van der Waals surface area (Å²) in [6.45, 7) is 2.13. The maximum absolute atomic E-state index is 12.9. The number of pyridine rings is 1. The van der Waals surface area contributed by atoms with Crippen molar-refractivity contribution in [2.75, 3.05) is 11.9 Å². The summed E-state index contributed by atoms with van der Waals surface area (Å²) in [4.78, 5) is 20.6. The topological polar surface area (TPSA) is 64.1 Å². The molecule has 0 aliphatic carbocycles. The van der Waals surface area contributed by atoms with Gasteiger partial charge in [0.1, 0.15) is 5.56 Å². The standard InChI is InChI=1S/C18H14F3N3O2S/c1-2-26-16-13(7-4-8-22-16)15(25)24-17-23-14(10-27-17)11-5-3-6-12(9-11)18(19,20)21/h3-10H,2H2,1H3,(H,23,24,25). The minimum absolute atomic E-state index is 0.201. The van der Waals surface area contributed by atoms with Crippen LogP contribution in [-0.2, 0) is 6.18 Å². The van der Waals surface area contributed by atoms with Gasteiger partial charge in [0, 0.05) is 17.1 Å². The van der Waals surface area contributed by atoms with E-state index in [1.165, 1.54) is 18.3 Å². The lowest BCUT2D eigenvalue weighted by molar-refractivity contribution is -0.137. The highest BCUT2D eigenvalue weighted by atomic mass is 32.1. The Morgan fingerprint density at radius 3 is 2.81 bits per heavy atom. The van der Waals surface area contributed by atoms with E-state index < -0.39 is 17.6 Å². The summed E-state index contributed by atoms with van der Waals surface area (Å²) in [6, 6.07) is 8.04. The number of ether oxygens (including phenoxy) is 1. The van der Waals surface area contributed by atoms with Gasteiger partial charge in [0.05, 0.1) is 17.9 Å². The van der Waals surface area contributed by atoms with Crippen LogP contribution in [0.3, 0.4) is 0 Å². The number of amides is 1. The second-order valence-electron chi connectivity index (χ2n) is 5.36. The second kappa shape index (κ2) is 7.75. The minimum Gasteiger partial charge on any atom is -0.477 e. The van der Waals surface area contributed by atoms with E-state index in [-0.39, 0.29) is 16.6 Å². The van der Waals surface area contributed by atoms with Crippen LogP contribution in [0.25, 0.3) is 11.3 Å². The third-order valence-electron chi connectivity index (χ3n) is 3.51. The summed E-state index contributed by atoms with van der Waals surface area (Å²) in [7, 11) is 0. The smallest absolute Gasteiger partial charge is 0.416 e. The molecule has 0 atom stereocenters. The third-order valence-corrected chi connectivity index (χ3v) is 4.26. The lowest BCUT2D eigenvalue weighted by atomic mass is 10.1. The van der Waals surface area contributed by atoms with Crippen molar-refractivity contribution in [1.29, 1.82) is 0 Å². The van der Waals surface area contributed by atoms with Gasteiger partial charge in [-0.3, -0.25) is 10.1 Å². The predicted molar refractivity (Wildman–Crippen MR) is 95.9 cm³/mol. The van der Waals surface area contributed by atoms with Gasteiger partial charge >= 0.3 is 6.18 Å². The number of hydrogen-bond acceptors (Lipinski definition) is 5. The van der Waals surface area contributed by atoms with Crippen molar-refractivity contribution in [3.63, 3.8) is 0 Å². The Labute approximate surface area is 156 Å². The van der Waals surface area contributed by atoms with Crippen molar-refractivity contribution >= 4 is 22.4 Å². The molecule has 0 saturated heterocycles. The van der Waals surface area contributed by atoms with Gasteiger partial charge in [0.2, 0.25) is 5.88 Å². The number of benzene rings is 1. The monoisotopic (exact) mass is 393 g/mol. The number of nitrogens with one attached hydrogen (secondary N) is 1. The Balaban J connectivity index is 1.80. The number of thiazole rings is 1. The number of rotatable bonds is 5. The zero-order chi connectivity index (χ0) is 19.4. The number of hydrogen-bond donors (Lipinski definition) is 1. The van der Waals surface area contributed by atoms with Crippen molar-refractivity contribution in [2.24, 2.45) is 0 Å². The van der Waals surface area contributed by atoms with E-state index in [2.05, 4.69) is 15.3 Å². The first-order chi connectivity index (χ1) is 12.9. The molecule has 5 nitrogen and oxygen atoms in total. The molecule has 0 aliphatic rings. The first-order valence-electron chi connectivity index (χ1n) is 7.91. The van der Waals surface area contributed by atoms with Crippen LogP contribution in [0.1, 0.15) is 22.8 Å². The second-order valence-corrected chi connectivity index (χ2v) is 6.22. The van der Waals surface area contributed by atoms with E-state index >= 15 is 0 Å². The van der Waals surface area contributed by atoms with Crippen LogP contribution in [0.5, 0.6) is 5.88 Å². The first kappa shape index (κ1) is 18.8. The molecule has 9 heteroatoms. The molecule has 0 aliphatic heterocycles. The fourth-order valence-corrected chi connectivity index (χ4v) is 3.01. The minimum atomic E-state index is -4.43. The molecule has 0 bridgehead atoms. The van der Waals surface area contributed by atoms with Gasteiger partial charge in [-0.15, -0.1) is 11.3 Å². The number of halogens is 3. The third kappa shape index (κ3) is 4.43. The van der Waals surface area contributed by atoms with Gasteiger partial charge in [-0.1, -0.05) is 12.1 Å². The van der Waals surface area contributed by atoms with E-state index in [0.29, 0.717) is 17.9 Å². The summed E-state index contributed by atoms with van der Waals surface area (Å²) in [5, 5.41) is 4.46. The maximum Gasteiger partial charge on any atom is 0.416 e. The zero-order valence-electron chi connectivity index (χ0n) is 14.1. The van der Waals surface area contributed by atoms with Gasteiger partial charge in [-0.25, -0.2) is 9.97 Å². The van der Waals surface area contributed by atoms with Gasteiger partial charge in [-0.2, -0.15) is 13.2 Å². The molecule has 1 N–H and O–H groups in total. The molecule has 0 fully saturated rings. The summed E-state index contributed by atoms with van der Waals surface area (Å²) < 4.78 is 43.9.